The van der Waals surface area contributed by atoms with Gasteiger partial charge in [-0.05, 0) is 37.8 Å². The molecule has 2 aromatic rings. The fourth-order valence-electron chi connectivity index (χ4n) is 2.60. The van der Waals surface area contributed by atoms with E-state index in [0.717, 1.165) is 46.5 Å². The number of unbranched alkanes of at least 4 members (excludes halogenated alkanes) is 1. The monoisotopic (exact) mass is 332 g/mol. The fraction of sp³-hybridized carbons (Fsp3) is 0.444. The first-order chi connectivity index (χ1) is 11.1. The van der Waals surface area contributed by atoms with Crippen molar-refractivity contribution in [1.82, 2.24) is 4.98 Å². The number of benzene rings is 1. The van der Waals surface area contributed by atoms with Gasteiger partial charge in [0.25, 0.3) is 0 Å². The van der Waals surface area contributed by atoms with E-state index in [1.807, 2.05) is 25.1 Å². The summed E-state index contributed by atoms with van der Waals surface area (Å²) in [6.45, 7) is 4.18. The van der Waals surface area contributed by atoms with Gasteiger partial charge in [0.2, 0.25) is 0 Å². The van der Waals surface area contributed by atoms with Gasteiger partial charge in [-0.3, -0.25) is 0 Å². The Morgan fingerprint density at radius 3 is 2.83 bits per heavy atom. The molecule has 23 heavy (non-hydrogen) atoms. The predicted octanol–water partition coefficient (Wildman–Crippen LogP) is 3.13. The van der Waals surface area contributed by atoms with Gasteiger partial charge < -0.3 is 14.6 Å². The molecule has 4 nitrogen and oxygen atoms in total. The van der Waals surface area contributed by atoms with Crippen molar-refractivity contribution in [2.24, 2.45) is 0 Å². The van der Waals surface area contributed by atoms with Crippen LogP contribution in [0.1, 0.15) is 37.4 Å². The maximum atomic E-state index is 10.7. The number of thioether (sulfide) groups is 1. The van der Waals surface area contributed by atoms with Crippen LogP contribution in [0.4, 0.5) is 0 Å². The summed E-state index contributed by atoms with van der Waals surface area (Å²) < 4.78 is 5.43. The second-order valence-electron chi connectivity index (χ2n) is 5.44. The van der Waals surface area contributed by atoms with Gasteiger partial charge in [0, 0.05) is 27.7 Å². The van der Waals surface area contributed by atoms with Gasteiger partial charge >= 0.3 is 0 Å². The van der Waals surface area contributed by atoms with Crippen LogP contribution in [0.3, 0.4) is 0 Å². The normalized spacial score (nSPS) is 10.9. The molecule has 0 aliphatic rings. The molecule has 0 aliphatic carbocycles. The number of hydrogen-bond acceptors (Lipinski definition) is 5. The molecule has 1 aromatic heterocycles. The number of aryl methyl sites for hydroxylation is 1. The van der Waals surface area contributed by atoms with Crippen molar-refractivity contribution < 1.29 is 14.6 Å². The van der Waals surface area contributed by atoms with Crippen LogP contribution in [0, 0.1) is 6.92 Å². The van der Waals surface area contributed by atoms with E-state index in [1.54, 1.807) is 18.9 Å². The minimum absolute atomic E-state index is 0.0463. The van der Waals surface area contributed by atoms with Crippen LogP contribution in [-0.4, -0.2) is 23.8 Å². The van der Waals surface area contributed by atoms with Crippen molar-refractivity contribution in [3.05, 3.63) is 29.5 Å². The van der Waals surface area contributed by atoms with Crippen molar-refractivity contribution in [3.8, 4) is 5.75 Å². The molecule has 0 aliphatic heterocycles. The quantitative estimate of drug-likeness (QED) is 0.695. The van der Waals surface area contributed by atoms with Crippen molar-refractivity contribution in [3.63, 3.8) is 0 Å². The van der Waals surface area contributed by atoms with Gasteiger partial charge in [0.1, 0.15) is 11.3 Å². The van der Waals surface area contributed by atoms with Crippen molar-refractivity contribution in [1.29, 1.82) is 0 Å². The third-order valence-corrected chi connectivity index (χ3v) is 4.95. The molecule has 0 fully saturated rings. The van der Waals surface area contributed by atoms with Crippen LogP contribution in [0.5, 0.6) is 5.75 Å². The molecule has 0 saturated carbocycles. The number of pyridine rings is 1. The largest absolute Gasteiger partial charge is 0.550 e. The topological polar surface area (TPSA) is 62.2 Å². The smallest absolute Gasteiger partial charge is 0.145 e. The van der Waals surface area contributed by atoms with Gasteiger partial charge in [-0.1, -0.05) is 25.5 Å². The molecule has 0 N–H and O–H groups in total. The van der Waals surface area contributed by atoms with Gasteiger partial charge in [0.15, 0.2) is 0 Å². The number of carboxylic acid groups (broad SMARTS) is 1. The summed E-state index contributed by atoms with van der Waals surface area (Å²) in [4.78, 5) is 16.6. The Morgan fingerprint density at radius 2 is 2.17 bits per heavy atom. The standard InChI is InChI=1S/C18H23NO3S/c1-4-5-7-13-12(2)19-17-14(8-6-9-15(17)22-3)18(13)23-11-10-16(20)21/h6,8-9H,4-5,7,10-11H2,1-3H3,(H,20,21)/p-1. The van der Waals surface area contributed by atoms with Crippen LogP contribution in [-0.2, 0) is 11.2 Å². The van der Waals surface area contributed by atoms with E-state index in [-0.39, 0.29) is 6.42 Å². The lowest BCUT2D eigenvalue weighted by molar-refractivity contribution is -0.305. The number of carboxylic acids is 1. The van der Waals surface area contributed by atoms with Crippen molar-refractivity contribution in [2.45, 2.75) is 44.4 Å². The molecule has 0 bridgehead atoms. The number of ether oxygens (including phenoxy) is 1. The van der Waals surface area contributed by atoms with Gasteiger partial charge in [-0.15, -0.1) is 11.8 Å². The van der Waals surface area contributed by atoms with Crippen molar-refractivity contribution >= 4 is 28.6 Å². The van der Waals surface area contributed by atoms with E-state index < -0.39 is 5.97 Å². The fourth-order valence-corrected chi connectivity index (χ4v) is 3.81. The number of carbonyl (C=O) groups is 1. The number of aromatic nitrogens is 1. The highest BCUT2D eigenvalue weighted by molar-refractivity contribution is 7.99. The molecule has 1 heterocycles. The maximum absolute atomic E-state index is 10.7. The lowest BCUT2D eigenvalue weighted by atomic mass is 10.0. The first-order valence-electron chi connectivity index (χ1n) is 7.87. The summed E-state index contributed by atoms with van der Waals surface area (Å²) in [5, 5.41) is 11.8. The average Bonchev–Trinajstić information content (AvgIpc) is 2.53. The molecular formula is C18H22NO3S-. The second kappa shape index (κ2) is 8.20. The van der Waals surface area contributed by atoms with Crippen LogP contribution >= 0.6 is 11.8 Å². The minimum Gasteiger partial charge on any atom is -0.550 e. The molecule has 0 saturated heterocycles. The summed E-state index contributed by atoms with van der Waals surface area (Å²) in [6.07, 6.45) is 3.20. The van der Waals surface area contributed by atoms with Crippen LogP contribution in [0.25, 0.3) is 10.9 Å². The molecule has 0 amide bonds. The molecule has 124 valence electrons. The zero-order valence-electron chi connectivity index (χ0n) is 13.8. The zero-order chi connectivity index (χ0) is 16.8. The first-order valence-corrected chi connectivity index (χ1v) is 8.85. The molecule has 0 spiro atoms. The highest BCUT2D eigenvalue weighted by Gasteiger charge is 2.15. The van der Waals surface area contributed by atoms with E-state index in [2.05, 4.69) is 6.92 Å². The van der Waals surface area contributed by atoms with E-state index in [9.17, 15) is 9.90 Å². The minimum atomic E-state index is -1.01. The molecule has 1 aromatic carbocycles. The molecular weight excluding hydrogens is 310 g/mol. The molecule has 0 atom stereocenters. The Hall–Kier alpha value is -1.75. The Kier molecular flexibility index (Phi) is 6.28. The number of methoxy groups -OCH3 is 1. The van der Waals surface area contributed by atoms with Crippen LogP contribution in [0.2, 0.25) is 0 Å². The van der Waals surface area contributed by atoms with Crippen molar-refractivity contribution in [2.75, 3.05) is 12.9 Å². The lowest BCUT2D eigenvalue weighted by Gasteiger charge is -2.16. The number of hydrogen-bond donors (Lipinski definition) is 0. The summed E-state index contributed by atoms with van der Waals surface area (Å²) in [5.74, 6) is 0.228. The maximum Gasteiger partial charge on any atom is 0.145 e. The zero-order valence-corrected chi connectivity index (χ0v) is 14.7. The number of rotatable bonds is 8. The molecule has 2 rings (SSSR count). The van der Waals surface area contributed by atoms with Crippen LogP contribution < -0.4 is 9.84 Å². The predicted molar refractivity (Wildman–Crippen MR) is 92.0 cm³/mol. The summed E-state index contributed by atoms with van der Waals surface area (Å²) in [6, 6.07) is 5.88. The lowest BCUT2D eigenvalue weighted by Crippen LogP contribution is -2.22. The summed E-state index contributed by atoms with van der Waals surface area (Å²) in [5.41, 5.74) is 3.05. The SMILES string of the molecule is CCCCc1c(C)nc2c(OC)cccc2c1SCCC(=O)[O-]. The van der Waals surface area contributed by atoms with Gasteiger partial charge in [-0.2, -0.15) is 0 Å². The molecule has 5 heteroatoms. The second-order valence-corrected chi connectivity index (χ2v) is 6.54. The number of aliphatic carboxylic acids is 1. The Bertz CT molecular complexity index is 700. The highest BCUT2D eigenvalue weighted by atomic mass is 32.2. The number of nitrogens with zero attached hydrogens (tertiary/aromatic N) is 1. The Labute approximate surface area is 141 Å². The first kappa shape index (κ1) is 17.6. The number of carbonyl (C=O) groups excluding carboxylic acids is 1. The summed E-state index contributed by atoms with van der Waals surface area (Å²) >= 11 is 1.57. The van der Waals surface area contributed by atoms with Gasteiger partial charge in [0.05, 0.1) is 7.11 Å². The van der Waals surface area contributed by atoms with Crippen LogP contribution in [0.15, 0.2) is 23.1 Å². The van der Waals surface area contributed by atoms with E-state index in [4.69, 9.17) is 9.72 Å². The summed E-state index contributed by atoms with van der Waals surface area (Å²) in [7, 11) is 1.64. The van der Waals surface area contributed by atoms with E-state index >= 15 is 0 Å². The Morgan fingerprint density at radius 1 is 1.39 bits per heavy atom. The average molecular weight is 332 g/mol. The molecule has 0 radical (unpaired) electrons. The van der Waals surface area contributed by atoms with E-state index in [1.165, 1.54) is 5.56 Å². The number of fused-ring (bicyclic) bond motifs is 1. The number of para-hydroxylation sites is 1. The highest BCUT2D eigenvalue weighted by Crippen LogP contribution is 2.36. The Balaban J connectivity index is 2.52. The van der Waals surface area contributed by atoms with Gasteiger partial charge in [-0.25, -0.2) is 4.98 Å². The third-order valence-electron chi connectivity index (χ3n) is 3.79. The third kappa shape index (κ3) is 4.16. The van der Waals surface area contributed by atoms with E-state index in [0.29, 0.717) is 5.75 Å². The molecule has 0 unspecified atom stereocenters.